The molecule has 1 amide bonds. The second kappa shape index (κ2) is 7.64. The molecule has 1 heterocycles. The van der Waals surface area contributed by atoms with Crippen molar-refractivity contribution in [3.05, 3.63) is 29.6 Å². The molecule has 0 aliphatic carbocycles. The molecular formula is C16H21FN2O3. The second-order valence-electron chi connectivity index (χ2n) is 5.95. The minimum Gasteiger partial charge on any atom is -0.508 e. The van der Waals surface area contributed by atoms with Gasteiger partial charge in [-0.25, -0.2) is 9.18 Å². The van der Waals surface area contributed by atoms with Gasteiger partial charge in [0.05, 0.1) is 5.56 Å². The molecule has 5 nitrogen and oxygen atoms in total. The highest BCUT2D eigenvalue weighted by Gasteiger charge is 2.23. The van der Waals surface area contributed by atoms with Gasteiger partial charge >= 0.3 is 6.09 Å². The maximum atomic E-state index is 12.5. The number of rotatable bonds is 0. The van der Waals surface area contributed by atoms with E-state index in [0.29, 0.717) is 0 Å². The molecule has 1 fully saturated rings. The predicted molar refractivity (Wildman–Crippen MR) is 79.8 cm³/mol. The van der Waals surface area contributed by atoms with Crippen molar-refractivity contribution in [1.82, 2.24) is 4.90 Å². The number of amides is 1. The Labute approximate surface area is 129 Å². The summed E-state index contributed by atoms with van der Waals surface area (Å²) in [6.45, 7) is 7.38. The number of hydrogen-bond acceptors (Lipinski definition) is 4. The van der Waals surface area contributed by atoms with Crippen LogP contribution in [-0.2, 0) is 4.74 Å². The maximum absolute atomic E-state index is 12.5. The highest BCUT2D eigenvalue weighted by Crippen LogP contribution is 2.14. The molecule has 0 saturated carbocycles. The summed E-state index contributed by atoms with van der Waals surface area (Å²) in [6.07, 6.45) is 2.05. The van der Waals surface area contributed by atoms with E-state index < -0.39 is 5.82 Å². The monoisotopic (exact) mass is 308 g/mol. The van der Waals surface area contributed by atoms with Gasteiger partial charge < -0.3 is 14.7 Å². The Morgan fingerprint density at radius 2 is 1.95 bits per heavy atom. The van der Waals surface area contributed by atoms with Gasteiger partial charge in [-0.15, -0.1) is 0 Å². The summed E-state index contributed by atoms with van der Waals surface area (Å²) in [5.74, 6) is -0.862. The van der Waals surface area contributed by atoms with E-state index in [1.54, 1.807) is 11.0 Å². The molecule has 0 spiro atoms. The summed E-state index contributed by atoms with van der Waals surface area (Å²) in [6, 6.07) is 5.03. The molecule has 0 unspecified atom stereocenters. The molecule has 6 heteroatoms. The first-order valence-corrected chi connectivity index (χ1v) is 7.09. The van der Waals surface area contributed by atoms with Gasteiger partial charge in [0.2, 0.25) is 0 Å². The second-order valence-corrected chi connectivity index (χ2v) is 5.95. The minimum atomic E-state index is -0.692. The Balaban J connectivity index is 0.000000224. The number of benzene rings is 1. The molecule has 0 aromatic heterocycles. The molecule has 0 atom stereocenters. The van der Waals surface area contributed by atoms with E-state index in [0.717, 1.165) is 32.0 Å². The fraction of sp³-hybridized carbons (Fsp3) is 0.500. The molecule has 22 heavy (non-hydrogen) atoms. The maximum Gasteiger partial charge on any atom is 0.410 e. The summed E-state index contributed by atoms with van der Waals surface area (Å²) in [5.41, 5.74) is -0.419. The number of phenolic OH excluding ortho intramolecular Hbond substituents is 1. The van der Waals surface area contributed by atoms with E-state index in [9.17, 15) is 9.18 Å². The number of halogens is 1. The molecule has 2 rings (SSSR count). The highest BCUT2D eigenvalue weighted by atomic mass is 19.1. The number of phenols is 1. The van der Waals surface area contributed by atoms with Crippen LogP contribution in [0, 0.1) is 17.1 Å². The van der Waals surface area contributed by atoms with E-state index in [1.165, 1.54) is 12.1 Å². The molecule has 1 aliphatic rings. The number of carbonyl (C=O) groups is 1. The average Bonchev–Trinajstić information content (AvgIpc) is 2.91. The van der Waals surface area contributed by atoms with Crippen LogP contribution >= 0.6 is 0 Å². The van der Waals surface area contributed by atoms with Crippen LogP contribution in [0.5, 0.6) is 5.75 Å². The van der Waals surface area contributed by atoms with Crippen molar-refractivity contribution < 1.29 is 19.0 Å². The Morgan fingerprint density at radius 1 is 1.36 bits per heavy atom. The molecule has 0 bridgehead atoms. The number of ether oxygens (including phenoxy) is 1. The lowest BCUT2D eigenvalue weighted by Gasteiger charge is -2.23. The van der Waals surface area contributed by atoms with Crippen molar-refractivity contribution in [1.29, 1.82) is 5.26 Å². The van der Waals surface area contributed by atoms with Gasteiger partial charge in [0.25, 0.3) is 0 Å². The van der Waals surface area contributed by atoms with E-state index in [1.807, 2.05) is 20.8 Å². The Morgan fingerprint density at radius 3 is 2.41 bits per heavy atom. The van der Waals surface area contributed by atoms with Crippen LogP contribution in [0.2, 0.25) is 0 Å². The molecule has 120 valence electrons. The summed E-state index contributed by atoms with van der Waals surface area (Å²) in [4.78, 5) is 13.1. The Kier molecular flexibility index (Phi) is 6.17. The van der Waals surface area contributed by atoms with Gasteiger partial charge in [0.15, 0.2) is 0 Å². The third kappa shape index (κ3) is 6.00. The van der Waals surface area contributed by atoms with Crippen LogP contribution in [-0.4, -0.2) is 34.8 Å². The summed E-state index contributed by atoms with van der Waals surface area (Å²) >= 11 is 0. The topological polar surface area (TPSA) is 73.6 Å². The lowest BCUT2D eigenvalue weighted by atomic mass is 10.2. The van der Waals surface area contributed by atoms with Crippen LogP contribution in [0.1, 0.15) is 39.2 Å². The van der Waals surface area contributed by atoms with Gasteiger partial charge in [-0.2, -0.15) is 5.26 Å². The molecule has 1 aromatic rings. The summed E-state index contributed by atoms with van der Waals surface area (Å²) in [7, 11) is 0. The smallest absolute Gasteiger partial charge is 0.410 e. The van der Waals surface area contributed by atoms with Crippen molar-refractivity contribution in [2.24, 2.45) is 0 Å². The van der Waals surface area contributed by atoms with Crippen molar-refractivity contribution in [3.8, 4) is 11.8 Å². The normalized spacial score (nSPS) is 13.9. The van der Waals surface area contributed by atoms with Gasteiger partial charge in [-0.05, 0) is 45.7 Å². The quantitative estimate of drug-likeness (QED) is 0.797. The zero-order valence-corrected chi connectivity index (χ0v) is 13.1. The number of carbonyl (C=O) groups excluding carboxylic acids is 1. The largest absolute Gasteiger partial charge is 0.508 e. The highest BCUT2D eigenvalue weighted by molar-refractivity contribution is 5.68. The van der Waals surface area contributed by atoms with E-state index in [4.69, 9.17) is 15.1 Å². The SMILES string of the molecule is CC(C)(C)OC(=O)N1CCCC1.N#Cc1ccc(O)cc1F. The van der Waals surface area contributed by atoms with Gasteiger partial charge in [-0.1, -0.05) is 0 Å². The minimum absolute atomic E-state index is 0.0576. The van der Waals surface area contributed by atoms with Crippen LogP contribution in [0.15, 0.2) is 18.2 Å². The standard InChI is InChI=1S/C9H17NO2.C7H4FNO/c1-9(2,3)12-8(11)10-6-4-5-7-10;8-7-3-6(10)2-1-5(7)4-9/h4-7H2,1-3H3;1-3,10H. The molecule has 0 radical (unpaired) electrons. The third-order valence-corrected chi connectivity index (χ3v) is 2.83. The van der Waals surface area contributed by atoms with Crippen molar-refractivity contribution in [2.75, 3.05) is 13.1 Å². The number of nitrogens with zero attached hydrogens (tertiary/aromatic N) is 2. The number of aromatic hydroxyl groups is 1. The molecule has 1 aliphatic heterocycles. The fourth-order valence-electron chi connectivity index (χ4n) is 1.82. The molecule has 1 saturated heterocycles. The number of likely N-dealkylation sites (tertiary alicyclic amines) is 1. The number of nitriles is 1. The molecular weight excluding hydrogens is 287 g/mol. The summed E-state index contributed by atoms with van der Waals surface area (Å²) < 4.78 is 17.7. The van der Waals surface area contributed by atoms with Crippen LogP contribution < -0.4 is 0 Å². The summed E-state index contributed by atoms with van der Waals surface area (Å²) in [5, 5.41) is 16.9. The first kappa shape index (κ1) is 17.8. The van der Waals surface area contributed by atoms with E-state index in [-0.39, 0.29) is 23.0 Å². The van der Waals surface area contributed by atoms with Crippen molar-refractivity contribution in [3.63, 3.8) is 0 Å². The molecule has 1 aromatic carbocycles. The first-order valence-electron chi connectivity index (χ1n) is 7.09. The van der Waals surface area contributed by atoms with E-state index >= 15 is 0 Å². The first-order chi connectivity index (χ1) is 10.2. The lowest BCUT2D eigenvalue weighted by molar-refractivity contribution is 0.0295. The van der Waals surface area contributed by atoms with Gasteiger partial charge in [-0.3, -0.25) is 0 Å². The molecule has 1 N–H and O–H groups in total. The Hall–Kier alpha value is -2.29. The van der Waals surface area contributed by atoms with E-state index in [2.05, 4.69) is 0 Å². The number of hydrogen-bond donors (Lipinski definition) is 1. The average molecular weight is 308 g/mol. The Bertz CT molecular complexity index is 555. The zero-order valence-electron chi connectivity index (χ0n) is 13.1. The third-order valence-electron chi connectivity index (χ3n) is 2.83. The van der Waals surface area contributed by atoms with Crippen molar-refractivity contribution >= 4 is 6.09 Å². The van der Waals surface area contributed by atoms with Crippen LogP contribution in [0.25, 0.3) is 0 Å². The lowest BCUT2D eigenvalue weighted by Crippen LogP contribution is -2.34. The fourth-order valence-corrected chi connectivity index (χ4v) is 1.82. The van der Waals surface area contributed by atoms with Gasteiger partial charge in [0, 0.05) is 19.2 Å². The van der Waals surface area contributed by atoms with Crippen LogP contribution in [0.3, 0.4) is 0 Å². The zero-order chi connectivity index (χ0) is 16.8. The van der Waals surface area contributed by atoms with Crippen molar-refractivity contribution in [2.45, 2.75) is 39.2 Å². The van der Waals surface area contributed by atoms with Crippen LogP contribution in [0.4, 0.5) is 9.18 Å². The predicted octanol–water partition coefficient (Wildman–Crippen LogP) is 3.42. The van der Waals surface area contributed by atoms with Gasteiger partial charge in [0.1, 0.15) is 23.2 Å².